The third-order valence-corrected chi connectivity index (χ3v) is 16.6. The maximum Gasteiger partial charge on any atom is 0.397 e. The highest BCUT2D eigenvalue weighted by atomic mass is 32.3. The van der Waals surface area contributed by atoms with Crippen LogP contribution in [0.3, 0.4) is 0 Å². The Balaban J connectivity index is 1.07. The van der Waals surface area contributed by atoms with Crippen molar-refractivity contribution in [2.75, 3.05) is 6.61 Å². The molecule has 0 bridgehead atoms. The minimum Gasteiger partial charge on any atom is -0.394 e. The lowest BCUT2D eigenvalue weighted by atomic mass is 9.90. The van der Waals surface area contributed by atoms with Crippen LogP contribution in [0, 0.1) is 5.92 Å². The van der Waals surface area contributed by atoms with Crippen LogP contribution in [0.4, 0.5) is 0 Å². The number of Topliss-reactive ketones (excluding diaryl/α,β-unsaturated/α-hetero) is 1. The lowest BCUT2D eigenvalue weighted by Crippen LogP contribution is -2.59. The van der Waals surface area contributed by atoms with Gasteiger partial charge in [-0.3, -0.25) is 9.35 Å². The van der Waals surface area contributed by atoms with Gasteiger partial charge in [-0.15, -0.1) is 6.58 Å². The number of unbranched alkanes of at least 4 members (excludes halogenated alkanes) is 6. The molecule has 4 fully saturated rings. The lowest BCUT2D eigenvalue weighted by molar-refractivity contribution is -0.313. The smallest absolute Gasteiger partial charge is 0.394 e. The molecule has 478 valence electrons. The molecule has 0 aromatic carbocycles. The molecule has 0 amide bonds. The summed E-state index contributed by atoms with van der Waals surface area (Å²) < 4.78 is 66.0. The molecule has 4 heterocycles. The fourth-order valence-corrected chi connectivity index (χ4v) is 11.9. The van der Waals surface area contributed by atoms with Crippen molar-refractivity contribution in [3.63, 3.8) is 0 Å². The van der Waals surface area contributed by atoms with Gasteiger partial charge in [-0.05, 0) is 109 Å². The van der Waals surface area contributed by atoms with Crippen LogP contribution in [0.25, 0.3) is 0 Å². The zero-order chi connectivity index (χ0) is 61.1. The Bertz CT molecular complexity index is 2080. The molecular formula is C62H104O20S. The first-order chi connectivity index (χ1) is 39.5. The van der Waals surface area contributed by atoms with Crippen LogP contribution in [0.5, 0.6) is 0 Å². The number of aliphatic hydroxyl groups excluding tert-OH is 10. The van der Waals surface area contributed by atoms with Crippen molar-refractivity contribution in [3.05, 3.63) is 73.4 Å². The number of carbonyl (C=O) groups excluding carboxylic acids is 1. The van der Waals surface area contributed by atoms with Crippen LogP contribution in [0.2, 0.25) is 0 Å². The topological polar surface area (TPSA) is 332 Å². The third-order valence-electron chi connectivity index (χ3n) is 16.1. The van der Waals surface area contributed by atoms with Gasteiger partial charge in [-0.25, -0.2) is 4.18 Å². The summed E-state index contributed by atoms with van der Waals surface area (Å²) in [5.74, 6) is 0.0840. The van der Waals surface area contributed by atoms with Gasteiger partial charge >= 0.3 is 10.4 Å². The Labute approximate surface area is 493 Å². The first-order valence-electron chi connectivity index (χ1n) is 30.6. The standard InChI is InChI=1S/C62H104O20S/c1-6-21-42(4)32-48-37-50(69)52(77-48)26-19-18-24-40(2)22-16-14-12-10-8-7-9-11-13-15-17-23-41(3)28-31-54-53(79-54)27-20-25-47(78-62-60(73)59(72)58(71)57(39-63)81-62)36-46(67)35-45(66)34-44(65)29-30-49(68)55-38-51(70)61(82-83(74,75)76)56(80-55)33-43(5)64/h6,8,10,16,18-19,22,41,43-44,46-65,67-73H,1-2,4,7,9,11-15,17,20-21,23-39H2,3,5H3,(H,74,75,76)/b10-8+,19-18+,22-16+/t41?,43?,44?,46?,47?,48-,49?,50?,51?,52+,53?,54?,55+,56-,57-,58?,59?,60?,61?,62?/m1/s1. The van der Waals surface area contributed by atoms with Gasteiger partial charge in [0.25, 0.3) is 0 Å². The summed E-state index contributed by atoms with van der Waals surface area (Å²) in [6.07, 6.45) is 12.1. The first kappa shape index (κ1) is 72.9. The maximum absolute atomic E-state index is 13.1. The minimum atomic E-state index is -4.98. The molecular weight excluding hydrogens is 1100 g/mol. The van der Waals surface area contributed by atoms with E-state index in [2.05, 4.69) is 67.3 Å². The number of rotatable bonds is 44. The number of ether oxygens (including phenoxy) is 5. The molecule has 83 heavy (non-hydrogen) atoms. The second kappa shape index (κ2) is 38.6. The molecule has 0 spiro atoms. The van der Waals surface area contributed by atoms with Crippen molar-refractivity contribution in [2.24, 2.45) is 5.92 Å². The molecule has 4 rings (SSSR count). The second-order valence-corrected chi connectivity index (χ2v) is 25.0. The summed E-state index contributed by atoms with van der Waals surface area (Å²) in [7, 11) is -4.98. The zero-order valence-electron chi connectivity index (χ0n) is 49.3. The number of hydrogen-bond donors (Lipinski definition) is 11. The molecule has 0 aromatic heterocycles. The molecule has 0 saturated carbocycles. The van der Waals surface area contributed by atoms with E-state index >= 15 is 0 Å². The van der Waals surface area contributed by atoms with Crippen LogP contribution in [-0.4, -0.2) is 193 Å². The Hall–Kier alpha value is -2.62. The average Bonchev–Trinajstić information content (AvgIpc) is 4.31. The number of aliphatic hydroxyl groups is 10. The first-order valence-corrected chi connectivity index (χ1v) is 31.9. The molecule has 0 aliphatic carbocycles. The Morgan fingerprint density at radius 3 is 2.10 bits per heavy atom. The highest BCUT2D eigenvalue weighted by Crippen LogP contribution is 2.35. The Kier molecular flexibility index (Phi) is 33.9. The van der Waals surface area contributed by atoms with Gasteiger partial charge < -0.3 is 74.7 Å². The van der Waals surface area contributed by atoms with Gasteiger partial charge in [0.2, 0.25) is 0 Å². The molecule has 0 aromatic rings. The molecule has 4 aliphatic rings. The van der Waals surface area contributed by atoms with E-state index in [0.717, 1.165) is 62.5 Å². The molecule has 21 heteroatoms. The van der Waals surface area contributed by atoms with Gasteiger partial charge in [-0.2, -0.15) is 8.42 Å². The molecule has 20 nitrogen and oxygen atoms in total. The van der Waals surface area contributed by atoms with E-state index < -0.39 is 115 Å². The molecule has 0 radical (unpaired) electrons. The van der Waals surface area contributed by atoms with E-state index in [1.165, 1.54) is 45.4 Å². The molecule has 4 aliphatic heterocycles. The monoisotopic (exact) mass is 1200 g/mol. The van der Waals surface area contributed by atoms with Crippen LogP contribution in [-0.2, 0) is 43.1 Å². The van der Waals surface area contributed by atoms with Crippen LogP contribution < -0.4 is 0 Å². The maximum atomic E-state index is 13.1. The van der Waals surface area contributed by atoms with Crippen molar-refractivity contribution in [1.29, 1.82) is 0 Å². The highest BCUT2D eigenvalue weighted by molar-refractivity contribution is 7.80. The number of carbonyl (C=O) groups is 1. The van der Waals surface area contributed by atoms with E-state index in [1.54, 1.807) is 0 Å². The van der Waals surface area contributed by atoms with Gasteiger partial charge in [0.15, 0.2) is 6.29 Å². The van der Waals surface area contributed by atoms with E-state index in [9.17, 15) is 64.3 Å². The minimum absolute atomic E-state index is 0.0223. The van der Waals surface area contributed by atoms with Crippen molar-refractivity contribution >= 4 is 16.2 Å². The van der Waals surface area contributed by atoms with Crippen molar-refractivity contribution in [3.8, 4) is 0 Å². The zero-order valence-corrected chi connectivity index (χ0v) is 50.1. The second-order valence-electron chi connectivity index (χ2n) is 23.9. The van der Waals surface area contributed by atoms with Gasteiger partial charge in [0.05, 0.1) is 86.0 Å². The molecule has 20 atom stereocenters. The fraction of sp³-hybridized carbons (Fsp3) is 0.790. The molecule has 11 N–H and O–H groups in total. The largest absolute Gasteiger partial charge is 0.397 e. The molecule has 15 unspecified atom stereocenters. The van der Waals surface area contributed by atoms with Crippen molar-refractivity contribution < 1.29 is 96.7 Å². The summed E-state index contributed by atoms with van der Waals surface area (Å²) in [6, 6.07) is 0. The third kappa shape index (κ3) is 28.8. The van der Waals surface area contributed by atoms with E-state index in [4.69, 9.17) is 28.2 Å². The lowest BCUT2D eigenvalue weighted by Gasteiger charge is -2.41. The van der Waals surface area contributed by atoms with Gasteiger partial charge in [-0.1, -0.05) is 106 Å². The van der Waals surface area contributed by atoms with Gasteiger partial charge in [0.1, 0.15) is 36.3 Å². The van der Waals surface area contributed by atoms with Crippen LogP contribution >= 0.6 is 0 Å². The highest BCUT2D eigenvalue weighted by Gasteiger charge is 2.46. The predicted octanol–water partition coefficient (Wildman–Crippen LogP) is 6.16. The summed E-state index contributed by atoms with van der Waals surface area (Å²) in [6.45, 7) is 15.0. The normalized spacial score (nSPS) is 30.9. The van der Waals surface area contributed by atoms with E-state index in [-0.39, 0.29) is 69.4 Å². The summed E-state index contributed by atoms with van der Waals surface area (Å²) >= 11 is 0. The average molecular weight is 1200 g/mol. The quantitative estimate of drug-likeness (QED) is 0.0107. The van der Waals surface area contributed by atoms with Gasteiger partial charge in [0, 0.05) is 38.5 Å². The number of epoxide rings is 1. The Morgan fingerprint density at radius 1 is 0.675 bits per heavy atom. The summed E-state index contributed by atoms with van der Waals surface area (Å²) in [4.78, 5) is 13.1. The Morgan fingerprint density at radius 2 is 1.37 bits per heavy atom. The fourth-order valence-electron chi connectivity index (χ4n) is 11.4. The van der Waals surface area contributed by atoms with E-state index in [0.29, 0.717) is 38.0 Å². The number of allylic oxidation sites excluding steroid dienone is 7. The van der Waals surface area contributed by atoms with Crippen molar-refractivity contribution in [1.82, 2.24) is 0 Å². The van der Waals surface area contributed by atoms with Crippen LogP contribution in [0.15, 0.2) is 73.4 Å². The SMILES string of the molecule is C=CCC(=C)C[C@@H]1CC(O)[C@H](C/C=C/CC(=C)/C=C/CC/C=C/CCCCCCCC(C)CCC2OC2CCCC(CC(O)CC(=O)CC(O)CCC(O)[C@@H]2CC(O)C(OS(=O)(=O)O)[C@@H](CC(C)O)O2)OC2O[C@H](CO)C(O)C(O)C2O)O1. The van der Waals surface area contributed by atoms with Crippen LogP contribution in [0.1, 0.15) is 181 Å². The van der Waals surface area contributed by atoms with E-state index in [1.807, 2.05) is 6.08 Å². The molecule has 4 saturated heterocycles. The predicted molar refractivity (Wildman–Crippen MR) is 313 cm³/mol. The summed E-state index contributed by atoms with van der Waals surface area (Å²) in [5, 5.41) is 105. The summed E-state index contributed by atoms with van der Waals surface area (Å²) in [5.41, 5.74) is 2.13. The van der Waals surface area contributed by atoms with Crippen molar-refractivity contribution in [2.45, 2.75) is 297 Å². The number of ketones is 1. The number of hydrogen-bond acceptors (Lipinski definition) is 19.